The van der Waals surface area contributed by atoms with Gasteiger partial charge in [-0.05, 0) is 43.9 Å². The molecule has 1 amide bonds. The van der Waals surface area contributed by atoms with Crippen molar-refractivity contribution in [1.29, 1.82) is 0 Å². The summed E-state index contributed by atoms with van der Waals surface area (Å²) in [5, 5.41) is 12.6. The first-order valence-corrected chi connectivity index (χ1v) is 11.0. The minimum absolute atomic E-state index is 0.0438. The normalized spacial score (nSPS) is 19.4. The molecule has 0 spiro atoms. The SMILES string of the molecule is Cc1occc1-c1nnc(SCC(=O)N[C@H]2CCCC[C@@H]2C)n1Cc1ccco1. The molecule has 0 aliphatic heterocycles. The molecular formula is C21H26N4O3S. The Morgan fingerprint density at radius 3 is 2.83 bits per heavy atom. The van der Waals surface area contributed by atoms with Gasteiger partial charge < -0.3 is 14.2 Å². The number of aryl methyl sites for hydroxylation is 1. The molecule has 0 unspecified atom stereocenters. The van der Waals surface area contributed by atoms with Crippen molar-refractivity contribution in [1.82, 2.24) is 20.1 Å². The van der Waals surface area contributed by atoms with E-state index in [2.05, 4.69) is 22.4 Å². The third kappa shape index (κ3) is 4.58. The first kappa shape index (κ1) is 19.8. The van der Waals surface area contributed by atoms with Crippen LogP contribution in [0.5, 0.6) is 0 Å². The predicted molar refractivity (Wildman–Crippen MR) is 111 cm³/mol. The van der Waals surface area contributed by atoms with Gasteiger partial charge in [-0.1, -0.05) is 31.5 Å². The lowest BCUT2D eigenvalue weighted by molar-refractivity contribution is -0.119. The molecule has 7 nitrogen and oxygen atoms in total. The fourth-order valence-corrected chi connectivity index (χ4v) is 4.57. The maximum atomic E-state index is 12.5. The van der Waals surface area contributed by atoms with Crippen LogP contribution in [0.4, 0.5) is 0 Å². The molecule has 0 saturated heterocycles. The van der Waals surface area contributed by atoms with Crippen LogP contribution in [-0.2, 0) is 11.3 Å². The molecule has 1 N–H and O–H groups in total. The third-order valence-corrected chi connectivity index (χ3v) is 6.47. The Morgan fingerprint density at radius 2 is 2.10 bits per heavy atom. The molecule has 1 aliphatic rings. The Labute approximate surface area is 174 Å². The number of rotatable bonds is 7. The van der Waals surface area contributed by atoms with Gasteiger partial charge in [-0.2, -0.15) is 0 Å². The molecule has 3 aromatic rings. The largest absolute Gasteiger partial charge is 0.469 e. The molecule has 3 aromatic heterocycles. The number of amides is 1. The van der Waals surface area contributed by atoms with E-state index >= 15 is 0 Å². The van der Waals surface area contributed by atoms with Gasteiger partial charge in [0.05, 0.1) is 30.4 Å². The molecule has 154 valence electrons. The van der Waals surface area contributed by atoms with E-state index in [1.807, 2.05) is 29.7 Å². The van der Waals surface area contributed by atoms with E-state index in [-0.39, 0.29) is 11.9 Å². The van der Waals surface area contributed by atoms with E-state index in [0.717, 1.165) is 23.5 Å². The van der Waals surface area contributed by atoms with Crippen molar-refractivity contribution < 1.29 is 13.6 Å². The number of aromatic nitrogens is 3. The molecule has 29 heavy (non-hydrogen) atoms. The van der Waals surface area contributed by atoms with Crippen molar-refractivity contribution in [3.8, 4) is 11.4 Å². The number of carbonyl (C=O) groups excluding carboxylic acids is 1. The summed E-state index contributed by atoms with van der Waals surface area (Å²) in [6, 6.07) is 5.93. The molecule has 2 atom stereocenters. The summed E-state index contributed by atoms with van der Waals surface area (Å²) in [4.78, 5) is 12.5. The Bertz CT molecular complexity index is 947. The van der Waals surface area contributed by atoms with Gasteiger partial charge >= 0.3 is 0 Å². The zero-order valence-electron chi connectivity index (χ0n) is 16.8. The summed E-state index contributed by atoms with van der Waals surface area (Å²) >= 11 is 1.40. The highest BCUT2D eigenvalue weighted by Crippen LogP contribution is 2.28. The van der Waals surface area contributed by atoms with Crippen molar-refractivity contribution in [3.05, 3.63) is 42.2 Å². The van der Waals surface area contributed by atoms with Crippen LogP contribution in [0.25, 0.3) is 11.4 Å². The number of nitrogens with zero attached hydrogens (tertiary/aromatic N) is 3. The molecule has 1 saturated carbocycles. The number of thioether (sulfide) groups is 1. The fourth-order valence-electron chi connectivity index (χ4n) is 3.82. The summed E-state index contributed by atoms with van der Waals surface area (Å²) in [6.45, 7) is 4.60. The second kappa shape index (κ2) is 8.90. The zero-order chi connectivity index (χ0) is 20.2. The summed E-state index contributed by atoms with van der Waals surface area (Å²) in [5.41, 5.74) is 0.886. The number of hydrogen-bond acceptors (Lipinski definition) is 6. The van der Waals surface area contributed by atoms with Gasteiger partial charge in [0.15, 0.2) is 11.0 Å². The van der Waals surface area contributed by atoms with E-state index in [0.29, 0.717) is 29.2 Å². The van der Waals surface area contributed by atoms with Crippen LogP contribution >= 0.6 is 11.8 Å². The van der Waals surface area contributed by atoms with Crippen LogP contribution in [0, 0.1) is 12.8 Å². The van der Waals surface area contributed by atoms with E-state index < -0.39 is 0 Å². The minimum Gasteiger partial charge on any atom is -0.469 e. The quantitative estimate of drug-likeness (QED) is 0.581. The van der Waals surface area contributed by atoms with Crippen molar-refractivity contribution in [2.24, 2.45) is 5.92 Å². The second-order valence-electron chi connectivity index (χ2n) is 7.59. The first-order chi connectivity index (χ1) is 14.1. The highest BCUT2D eigenvalue weighted by Gasteiger charge is 2.24. The molecular weight excluding hydrogens is 388 g/mol. The van der Waals surface area contributed by atoms with Gasteiger partial charge in [-0.3, -0.25) is 9.36 Å². The zero-order valence-corrected chi connectivity index (χ0v) is 17.6. The van der Waals surface area contributed by atoms with Crippen LogP contribution in [-0.4, -0.2) is 32.5 Å². The Hall–Kier alpha value is -2.48. The van der Waals surface area contributed by atoms with Crippen LogP contribution in [0.15, 0.2) is 44.7 Å². The van der Waals surface area contributed by atoms with Crippen LogP contribution in [0.3, 0.4) is 0 Å². The Balaban J connectivity index is 1.48. The molecule has 1 aliphatic carbocycles. The maximum Gasteiger partial charge on any atom is 0.230 e. The first-order valence-electron chi connectivity index (χ1n) is 10.0. The monoisotopic (exact) mass is 414 g/mol. The molecule has 0 aromatic carbocycles. The number of hydrogen-bond donors (Lipinski definition) is 1. The van der Waals surface area contributed by atoms with E-state index in [4.69, 9.17) is 8.83 Å². The van der Waals surface area contributed by atoms with Crippen molar-refractivity contribution in [3.63, 3.8) is 0 Å². The van der Waals surface area contributed by atoms with Crippen LogP contribution in [0.2, 0.25) is 0 Å². The molecule has 0 bridgehead atoms. The lowest BCUT2D eigenvalue weighted by atomic mass is 9.86. The molecule has 8 heteroatoms. The topological polar surface area (TPSA) is 86.1 Å². The highest BCUT2D eigenvalue weighted by molar-refractivity contribution is 7.99. The van der Waals surface area contributed by atoms with Gasteiger partial charge in [0.25, 0.3) is 0 Å². The van der Waals surface area contributed by atoms with Crippen molar-refractivity contribution >= 4 is 17.7 Å². The second-order valence-corrected chi connectivity index (χ2v) is 8.53. The summed E-state index contributed by atoms with van der Waals surface area (Å²) in [6.07, 6.45) is 7.98. The van der Waals surface area contributed by atoms with Crippen molar-refractivity contribution in [2.75, 3.05) is 5.75 Å². The minimum atomic E-state index is 0.0438. The summed E-state index contributed by atoms with van der Waals surface area (Å²) in [7, 11) is 0. The van der Waals surface area contributed by atoms with Gasteiger partial charge in [-0.15, -0.1) is 10.2 Å². The van der Waals surface area contributed by atoms with Gasteiger partial charge in [0.2, 0.25) is 5.91 Å². The van der Waals surface area contributed by atoms with Crippen molar-refractivity contribution in [2.45, 2.75) is 57.3 Å². The lowest BCUT2D eigenvalue weighted by Crippen LogP contribution is -2.41. The lowest BCUT2D eigenvalue weighted by Gasteiger charge is -2.29. The standard InChI is InChI=1S/C21H26N4O3S/c1-14-6-3-4-8-18(14)22-19(26)13-29-21-24-23-20(17-9-11-27-15(17)2)25(21)12-16-7-5-10-28-16/h5,7,9-11,14,18H,3-4,6,8,12-13H2,1-2H3,(H,22,26)/t14-,18-/m0/s1. The van der Waals surface area contributed by atoms with E-state index in [1.54, 1.807) is 12.5 Å². The highest BCUT2D eigenvalue weighted by atomic mass is 32.2. The maximum absolute atomic E-state index is 12.5. The summed E-state index contributed by atoms with van der Waals surface area (Å²) in [5.74, 6) is 3.17. The van der Waals surface area contributed by atoms with E-state index in [1.165, 1.54) is 31.0 Å². The molecule has 3 heterocycles. The van der Waals surface area contributed by atoms with Gasteiger partial charge in [-0.25, -0.2) is 0 Å². The average molecular weight is 415 g/mol. The fraction of sp³-hybridized carbons (Fsp3) is 0.476. The molecule has 1 fully saturated rings. The Morgan fingerprint density at radius 1 is 1.24 bits per heavy atom. The Kier molecular flexibility index (Phi) is 6.08. The smallest absolute Gasteiger partial charge is 0.230 e. The van der Waals surface area contributed by atoms with Crippen LogP contribution < -0.4 is 5.32 Å². The van der Waals surface area contributed by atoms with Gasteiger partial charge in [0.1, 0.15) is 11.5 Å². The number of nitrogens with one attached hydrogen (secondary N) is 1. The van der Waals surface area contributed by atoms with Gasteiger partial charge in [0, 0.05) is 6.04 Å². The molecule has 0 radical (unpaired) electrons. The van der Waals surface area contributed by atoms with Crippen LogP contribution in [0.1, 0.15) is 44.1 Å². The molecule has 4 rings (SSSR count). The average Bonchev–Trinajstić information content (AvgIpc) is 3.44. The predicted octanol–water partition coefficient (Wildman–Crippen LogP) is 4.27. The third-order valence-electron chi connectivity index (χ3n) is 5.50. The van der Waals surface area contributed by atoms with E-state index in [9.17, 15) is 4.79 Å². The number of furan rings is 2. The summed E-state index contributed by atoms with van der Waals surface area (Å²) < 4.78 is 12.9. The number of carbonyl (C=O) groups is 1.